The van der Waals surface area contributed by atoms with Crippen LogP contribution < -0.4 is 14.8 Å². The zero-order chi connectivity index (χ0) is 18.0. The molecule has 2 N–H and O–H groups in total. The van der Waals surface area contributed by atoms with E-state index in [2.05, 4.69) is 5.32 Å². The SMILES string of the molecule is CC(C)N1CC(C(=O)NCC(O)c2ccc3c(c2)OCCO3)CC1=O. The van der Waals surface area contributed by atoms with Crippen LogP contribution in [0.3, 0.4) is 0 Å². The minimum absolute atomic E-state index is 0.00235. The number of rotatable bonds is 5. The molecule has 1 aromatic rings. The highest BCUT2D eigenvalue weighted by molar-refractivity contribution is 5.89. The third-order valence-corrected chi connectivity index (χ3v) is 4.57. The van der Waals surface area contributed by atoms with Crippen LogP contribution in [-0.2, 0) is 9.59 Å². The second-order valence-electron chi connectivity index (χ2n) is 6.70. The van der Waals surface area contributed by atoms with Gasteiger partial charge in [-0.3, -0.25) is 9.59 Å². The molecule has 0 aromatic heterocycles. The van der Waals surface area contributed by atoms with E-state index in [0.717, 1.165) is 0 Å². The molecule has 0 bridgehead atoms. The van der Waals surface area contributed by atoms with Gasteiger partial charge < -0.3 is 24.8 Å². The van der Waals surface area contributed by atoms with Gasteiger partial charge >= 0.3 is 0 Å². The van der Waals surface area contributed by atoms with Gasteiger partial charge in [-0.25, -0.2) is 0 Å². The van der Waals surface area contributed by atoms with Crippen LogP contribution >= 0.6 is 0 Å². The number of likely N-dealkylation sites (tertiary alicyclic amines) is 1. The van der Waals surface area contributed by atoms with E-state index in [1.165, 1.54) is 0 Å². The number of benzene rings is 1. The van der Waals surface area contributed by atoms with Crippen molar-refractivity contribution in [3.8, 4) is 11.5 Å². The van der Waals surface area contributed by atoms with Crippen LogP contribution in [0.4, 0.5) is 0 Å². The summed E-state index contributed by atoms with van der Waals surface area (Å²) in [6.45, 7) is 5.38. The standard InChI is InChI=1S/C18H24N2O5/c1-11(2)20-10-13(8-17(20)22)18(23)19-9-14(21)12-3-4-15-16(7-12)25-6-5-24-15/h3-4,7,11,13-14,21H,5-6,8-10H2,1-2H3,(H,19,23). The number of carbonyl (C=O) groups is 2. The summed E-state index contributed by atoms with van der Waals surface area (Å²) >= 11 is 0. The second-order valence-corrected chi connectivity index (χ2v) is 6.70. The van der Waals surface area contributed by atoms with E-state index in [9.17, 15) is 14.7 Å². The molecule has 0 aliphatic carbocycles. The van der Waals surface area contributed by atoms with E-state index in [0.29, 0.717) is 36.8 Å². The van der Waals surface area contributed by atoms with Crippen molar-refractivity contribution >= 4 is 11.8 Å². The van der Waals surface area contributed by atoms with Gasteiger partial charge in [-0.05, 0) is 31.5 Å². The van der Waals surface area contributed by atoms with Crippen LogP contribution in [0.25, 0.3) is 0 Å². The fourth-order valence-electron chi connectivity index (χ4n) is 3.13. The molecule has 2 aliphatic heterocycles. The van der Waals surface area contributed by atoms with Crippen molar-refractivity contribution in [3.63, 3.8) is 0 Å². The van der Waals surface area contributed by atoms with E-state index < -0.39 is 6.10 Å². The third-order valence-electron chi connectivity index (χ3n) is 4.57. The number of nitrogens with zero attached hydrogens (tertiary/aromatic N) is 1. The van der Waals surface area contributed by atoms with Gasteiger partial charge in [-0.15, -0.1) is 0 Å². The minimum Gasteiger partial charge on any atom is -0.486 e. The van der Waals surface area contributed by atoms with Crippen LogP contribution in [0.15, 0.2) is 18.2 Å². The quantitative estimate of drug-likeness (QED) is 0.824. The lowest BCUT2D eigenvalue weighted by Crippen LogP contribution is -2.37. The van der Waals surface area contributed by atoms with E-state index >= 15 is 0 Å². The highest BCUT2D eigenvalue weighted by atomic mass is 16.6. The Labute approximate surface area is 146 Å². The topological polar surface area (TPSA) is 88.1 Å². The zero-order valence-electron chi connectivity index (χ0n) is 14.5. The first-order valence-corrected chi connectivity index (χ1v) is 8.60. The van der Waals surface area contributed by atoms with E-state index in [-0.39, 0.29) is 36.7 Å². The molecule has 7 nitrogen and oxygen atoms in total. The van der Waals surface area contributed by atoms with Gasteiger partial charge in [-0.1, -0.05) is 6.07 Å². The minimum atomic E-state index is -0.849. The van der Waals surface area contributed by atoms with Gasteiger partial charge in [0.2, 0.25) is 11.8 Å². The smallest absolute Gasteiger partial charge is 0.225 e. The Morgan fingerprint density at radius 3 is 2.72 bits per heavy atom. The number of aliphatic hydroxyl groups excluding tert-OH is 1. The summed E-state index contributed by atoms with van der Waals surface area (Å²) in [6, 6.07) is 5.33. The molecule has 0 saturated carbocycles. The van der Waals surface area contributed by atoms with Crippen LogP contribution in [0.2, 0.25) is 0 Å². The number of fused-ring (bicyclic) bond motifs is 1. The molecule has 1 saturated heterocycles. The first-order valence-electron chi connectivity index (χ1n) is 8.60. The Morgan fingerprint density at radius 1 is 1.32 bits per heavy atom. The molecule has 1 fully saturated rings. The van der Waals surface area contributed by atoms with Crippen LogP contribution in [0, 0.1) is 5.92 Å². The maximum atomic E-state index is 12.3. The van der Waals surface area contributed by atoms with Crippen LogP contribution in [0.1, 0.15) is 31.9 Å². The summed E-state index contributed by atoms with van der Waals surface area (Å²) in [4.78, 5) is 25.9. The molecule has 2 aliphatic rings. The molecule has 7 heteroatoms. The van der Waals surface area contributed by atoms with Gasteiger partial charge in [-0.2, -0.15) is 0 Å². The largest absolute Gasteiger partial charge is 0.486 e. The summed E-state index contributed by atoms with van der Waals surface area (Å²) in [5, 5.41) is 13.1. The monoisotopic (exact) mass is 348 g/mol. The Balaban J connectivity index is 1.54. The molecule has 2 amide bonds. The van der Waals surface area contributed by atoms with Crippen molar-refractivity contribution in [2.24, 2.45) is 5.92 Å². The summed E-state index contributed by atoms with van der Waals surface area (Å²) in [5.41, 5.74) is 0.649. The maximum absolute atomic E-state index is 12.3. The molecule has 0 spiro atoms. The number of nitrogens with one attached hydrogen (secondary N) is 1. The summed E-state index contributed by atoms with van der Waals surface area (Å²) in [5.74, 6) is 0.700. The summed E-state index contributed by atoms with van der Waals surface area (Å²) in [7, 11) is 0. The maximum Gasteiger partial charge on any atom is 0.225 e. The number of hydrogen-bond donors (Lipinski definition) is 2. The third kappa shape index (κ3) is 3.87. The van der Waals surface area contributed by atoms with E-state index in [4.69, 9.17) is 9.47 Å². The van der Waals surface area contributed by atoms with Gasteiger partial charge in [0.25, 0.3) is 0 Å². The van der Waals surface area contributed by atoms with Gasteiger partial charge in [0.15, 0.2) is 11.5 Å². The van der Waals surface area contributed by atoms with Gasteiger partial charge in [0, 0.05) is 25.6 Å². The van der Waals surface area contributed by atoms with Crippen LogP contribution in [-0.4, -0.2) is 54.2 Å². The Kier molecular flexibility index (Phi) is 5.13. The molecule has 2 atom stereocenters. The van der Waals surface area contributed by atoms with Crippen molar-refractivity contribution in [2.75, 3.05) is 26.3 Å². The van der Waals surface area contributed by atoms with Crippen molar-refractivity contribution in [1.29, 1.82) is 0 Å². The lowest BCUT2D eigenvalue weighted by molar-refractivity contribution is -0.130. The number of amides is 2. The second kappa shape index (κ2) is 7.31. The molecule has 0 radical (unpaired) electrons. The molecular formula is C18H24N2O5. The number of aliphatic hydroxyl groups is 1. The van der Waals surface area contributed by atoms with Gasteiger partial charge in [0.05, 0.1) is 12.0 Å². The highest BCUT2D eigenvalue weighted by Crippen LogP contribution is 2.32. The van der Waals surface area contributed by atoms with E-state index in [1.807, 2.05) is 13.8 Å². The summed E-state index contributed by atoms with van der Waals surface area (Å²) in [6.07, 6.45) is -0.623. The Hall–Kier alpha value is -2.28. The molecular weight excluding hydrogens is 324 g/mol. The fraction of sp³-hybridized carbons (Fsp3) is 0.556. The zero-order valence-corrected chi connectivity index (χ0v) is 14.5. The van der Waals surface area contributed by atoms with Crippen LogP contribution in [0.5, 0.6) is 11.5 Å². The first kappa shape index (κ1) is 17.5. The predicted molar refractivity (Wildman–Crippen MR) is 90.4 cm³/mol. The lowest BCUT2D eigenvalue weighted by Gasteiger charge is -2.21. The summed E-state index contributed by atoms with van der Waals surface area (Å²) < 4.78 is 11.0. The van der Waals surface area contributed by atoms with Crippen molar-refractivity contribution in [1.82, 2.24) is 10.2 Å². The molecule has 136 valence electrons. The molecule has 2 heterocycles. The molecule has 2 unspecified atom stereocenters. The molecule has 25 heavy (non-hydrogen) atoms. The molecule has 1 aromatic carbocycles. The first-order chi connectivity index (χ1) is 12.0. The van der Waals surface area contributed by atoms with Gasteiger partial charge in [0.1, 0.15) is 13.2 Å². The lowest BCUT2D eigenvalue weighted by atomic mass is 10.1. The van der Waals surface area contributed by atoms with Crippen molar-refractivity contribution in [3.05, 3.63) is 23.8 Å². The number of carbonyl (C=O) groups excluding carboxylic acids is 2. The normalized spacial score (nSPS) is 20.7. The van der Waals surface area contributed by atoms with E-state index in [1.54, 1.807) is 23.1 Å². The number of ether oxygens (including phenoxy) is 2. The Morgan fingerprint density at radius 2 is 2.04 bits per heavy atom. The Bertz CT molecular complexity index is 661. The van der Waals surface area contributed by atoms with Crippen molar-refractivity contribution < 1.29 is 24.2 Å². The highest BCUT2D eigenvalue weighted by Gasteiger charge is 2.35. The number of hydrogen-bond acceptors (Lipinski definition) is 5. The molecule has 3 rings (SSSR count). The average Bonchev–Trinajstić information content (AvgIpc) is 3.01. The predicted octanol–water partition coefficient (Wildman–Crippen LogP) is 0.864. The fourth-order valence-corrected chi connectivity index (χ4v) is 3.13. The van der Waals surface area contributed by atoms with Crippen molar-refractivity contribution in [2.45, 2.75) is 32.4 Å². The average molecular weight is 348 g/mol.